The van der Waals surface area contributed by atoms with Gasteiger partial charge in [-0.15, -0.1) is 0 Å². The summed E-state index contributed by atoms with van der Waals surface area (Å²) in [5, 5.41) is 0.531. The Morgan fingerprint density at radius 1 is 1.78 bits per heavy atom. The van der Waals surface area contributed by atoms with Gasteiger partial charge >= 0.3 is 0 Å². The zero-order valence-electron chi connectivity index (χ0n) is 5.66. The summed E-state index contributed by atoms with van der Waals surface area (Å²) in [6.45, 7) is 4.28. The van der Waals surface area contributed by atoms with Crippen LogP contribution >= 0.6 is 11.8 Å². The van der Waals surface area contributed by atoms with Gasteiger partial charge in [0.05, 0.1) is 12.7 Å². The van der Waals surface area contributed by atoms with Crippen molar-refractivity contribution in [1.82, 2.24) is 0 Å². The maximum Gasteiger partial charge on any atom is 0.209 e. The molecule has 1 aliphatic rings. The molecule has 3 heteroatoms. The van der Waals surface area contributed by atoms with Gasteiger partial charge in [0.1, 0.15) is 0 Å². The van der Waals surface area contributed by atoms with Crippen LogP contribution in [0.5, 0.6) is 0 Å². The molecule has 0 aromatic heterocycles. The van der Waals surface area contributed by atoms with E-state index in [2.05, 4.69) is 13.2 Å². The molecule has 0 spiro atoms. The molecule has 1 radical (unpaired) electrons. The first-order valence-corrected chi connectivity index (χ1v) is 4.25. The molecule has 1 aliphatic heterocycles. The maximum absolute atomic E-state index is 5.14. The smallest absolute Gasteiger partial charge is 0.209 e. The lowest BCUT2D eigenvalue weighted by Crippen LogP contribution is -2.21. The zero-order chi connectivity index (χ0) is 6.69. The van der Waals surface area contributed by atoms with Crippen molar-refractivity contribution in [1.29, 1.82) is 0 Å². The summed E-state index contributed by atoms with van der Waals surface area (Å²) < 4.78 is 10.1. The summed E-state index contributed by atoms with van der Waals surface area (Å²) in [5.74, 6) is 0. The van der Waals surface area contributed by atoms with Crippen LogP contribution in [0.4, 0.5) is 0 Å². The van der Waals surface area contributed by atoms with Crippen LogP contribution in [-0.2, 0) is 9.47 Å². The highest BCUT2D eigenvalue weighted by Gasteiger charge is 2.22. The molecule has 1 rings (SSSR count). The van der Waals surface area contributed by atoms with Crippen LogP contribution in [0.2, 0.25) is 0 Å². The molecule has 0 saturated carbocycles. The largest absolute Gasteiger partial charge is 0.345 e. The standard InChI is InChI=1S/C6H11O2S/c1-5(9-2)6-3-7-4-8-6/h4-6H,3H2,1-2H3. The third-order valence-corrected chi connectivity index (χ3v) is 2.50. The van der Waals surface area contributed by atoms with Crippen LogP contribution in [0.3, 0.4) is 0 Å². The lowest BCUT2D eigenvalue weighted by atomic mass is 10.3. The van der Waals surface area contributed by atoms with E-state index in [0.29, 0.717) is 11.9 Å². The van der Waals surface area contributed by atoms with Gasteiger partial charge in [0.15, 0.2) is 0 Å². The fraction of sp³-hybridized carbons (Fsp3) is 0.833. The van der Waals surface area contributed by atoms with Crippen LogP contribution < -0.4 is 0 Å². The second kappa shape index (κ2) is 3.44. The number of rotatable bonds is 2. The molecular weight excluding hydrogens is 136 g/mol. The molecule has 0 aromatic rings. The van der Waals surface area contributed by atoms with E-state index in [1.165, 1.54) is 6.79 Å². The average Bonchev–Trinajstić information content (AvgIpc) is 2.37. The molecule has 2 atom stereocenters. The topological polar surface area (TPSA) is 18.5 Å². The Morgan fingerprint density at radius 2 is 2.56 bits per heavy atom. The Kier molecular flexibility index (Phi) is 2.82. The molecular formula is C6H11O2S. The molecule has 53 valence electrons. The summed E-state index contributed by atoms with van der Waals surface area (Å²) >= 11 is 1.80. The predicted octanol–water partition coefficient (Wildman–Crippen LogP) is 1.27. The number of ether oxygens (including phenoxy) is 2. The first-order valence-electron chi connectivity index (χ1n) is 2.96. The Balaban J connectivity index is 2.24. The Labute approximate surface area is 59.9 Å². The van der Waals surface area contributed by atoms with Gasteiger partial charge in [-0.3, -0.25) is 0 Å². The zero-order valence-corrected chi connectivity index (χ0v) is 6.48. The minimum absolute atomic E-state index is 0.264. The SMILES string of the molecule is CSC(C)C1CO[CH]O1. The van der Waals surface area contributed by atoms with Crippen molar-refractivity contribution in [3.8, 4) is 0 Å². The van der Waals surface area contributed by atoms with Crippen LogP contribution in [0.25, 0.3) is 0 Å². The van der Waals surface area contributed by atoms with Crippen molar-refractivity contribution in [3.05, 3.63) is 6.79 Å². The maximum atomic E-state index is 5.14. The fourth-order valence-electron chi connectivity index (χ4n) is 0.682. The Morgan fingerprint density at radius 3 is 3.00 bits per heavy atom. The van der Waals surface area contributed by atoms with Gasteiger partial charge in [-0.2, -0.15) is 11.8 Å². The van der Waals surface area contributed by atoms with Crippen LogP contribution in [0, 0.1) is 6.79 Å². The van der Waals surface area contributed by atoms with E-state index in [0.717, 1.165) is 0 Å². The molecule has 0 aliphatic carbocycles. The lowest BCUT2D eigenvalue weighted by molar-refractivity contribution is 0.128. The molecule has 0 N–H and O–H groups in total. The second-order valence-corrected chi connectivity index (χ2v) is 3.26. The van der Waals surface area contributed by atoms with Gasteiger partial charge in [0.25, 0.3) is 0 Å². The van der Waals surface area contributed by atoms with Crippen molar-refractivity contribution in [2.45, 2.75) is 18.3 Å². The lowest BCUT2D eigenvalue weighted by Gasteiger charge is -2.12. The predicted molar refractivity (Wildman–Crippen MR) is 38.1 cm³/mol. The average molecular weight is 147 g/mol. The molecule has 9 heavy (non-hydrogen) atoms. The number of hydrogen-bond donors (Lipinski definition) is 0. The number of thioether (sulfide) groups is 1. The summed E-state index contributed by atoms with van der Waals surface area (Å²) in [4.78, 5) is 0. The van der Waals surface area contributed by atoms with E-state index < -0.39 is 0 Å². The highest BCUT2D eigenvalue weighted by atomic mass is 32.2. The summed E-state index contributed by atoms with van der Waals surface area (Å²) in [5.41, 5.74) is 0. The molecule has 2 nitrogen and oxygen atoms in total. The van der Waals surface area contributed by atoms with Crippen LogP contribution in [-0.4, -0.2) is 24.2 Å². The number of hydrogen-bond acceptors (Lipinski definition) is 3. The van der Waals surface area contributed by atoms with Crippen LogP contribution in [0.15, 0.2) is 0 Å². The van der Waals surface area contributed by atoms with Gasteiger partial charge in [-0.1, -0.05) is 6.92 Å². The molecule has 0 amide bonds. The van der Waals surface area contributed by atoms with Crippen molar-refractivity contribution in [2.75, 3.05) is 12.9 Å². The minimum Gasteiger partial charge on any atom is -0.345 e. The molecule has 0 aromatic carbocycles. The Hall–Kier alpha value is 0.270. The van der Waals surface area contributed by atoms with Crippen molar-refractivity contribution < 1.29 is 9.47 Å². The summed E-state index contributed by atoms with van der Waals surface area (Å²) in [6.07, 6.45) is 2.34. The fourth-order valence-corrected chi connectivity index (χ4v) is 1.13. The van der Waals surface area contributed by atoms with E-state index in [1.807, 2.05) is 0 Å². The summed E-state index contributed by atoms with van der Waals surface area (Å²) in [7, 11) is 0. The highest BCUT2D eigenvalue weighted by molar-refractivity contribution is 7.99. The van der Waals surface area contributed by atoms with Crippen LogP contribution in [0.1, 0.15) is 6.92 Å². The van der Waals surface area contributed by atoms with E-state index in [-0.39, 0.29) is 6.10 Å². The minimum atomic E-state index is 0.264. The molecule has 1 saturated heterocycles. The van der Waals surface area contributed by atoms with Crippen molar-refractivity contribution in [2.24, 2.45) is 0 Å². The van der Waals surface area contributed by atoms with E-state index in [4.69, 9.17) is 9.47 Å². The first kappa shape index (κ1) is 7.38. The van der Waals surface area contributed by atoms with Gasteiger partial charge in [-0.25, -0.2) is 0 Å². The summed E-state index contributed by atoms with van der Waals surface area (Å²) in [6, 6.07) is 0. The highest BCUT2D eigenvalue weighted by Crippen LogP contribution is 2.18. The molecule has 1 fully saturated rings. The molecule has 0 bridgehead atoms. The van der Waals surface area contributed by atoms with E-state index >= 15 is 0 Å². The van der Waals surface area contributed by atoms with Gasteiger partial charge in [-0.05, 0) is 6.26 Å². The first-order chi connectivity index (χ1) is 4.34. The van der Waals surface area contributed by atoms with E-state index in [1.54, 1.807) is 11.8 Å². The molecule has 1 heterocycles. The van der Waals surface area contributed by atoms with Crippen molar-refractivity contribution >= 4 is 11.8 Å². The molecule has 2 unspecified atom stereocenters. The van der Waals surface area contributed by atoms with Gasteiger partial charge < -0.3 is 9.47 Å². The van der Waals surface area contributed by atoms with Crippen molar-refractivity contribution in [3.63, 3.8) is 0 Å². The quantitative estimate of drug-likeness (QED) is 0.586. The third-order valence-electron chi connectivity index (χ3n) is 1.45. The van der Waals surface area contributed by atoms with Gasteiger partial charge in [0.2, 0.25) is 6.79 Å². The van der Waals surface area contributed by atoms with E-state index in [9.17, 15) is 0 Å². The third kappa shape index (κ3) is 1.85. The Bertz CT molecular complexity index is 81.1. The normalized spacial score (nSPS) is 30.7. The van der Waals surface area contributed by atoms with Gasteiger partial charge in [0, 0.05) is 5.25 Å². The monoisotopic (exact) mass is 147 g/mol. The second-order valence-electron chi connectivity index (χ2n) is 2.04.